The van der Waals surface area contributed by atoms with Crippen molar-refractivity contribution >= 4 is 23.9 Å². The standard InChI is InChI=1S/C26H34O9/c1-5-33-23(31)35-26(20(29)14-34-22(30)32-4)11-9-18-17-7-6-15-12-16(27)8-10-24(15,2)21(17)19(28)13-25(18,26)3/h8,10,12,17-19,21,28H,5-7,9,11,13-14H2,1-4H3/t17-,18-,19?,21+,24-,25-,26-/m0/s1. The maximum Gasteiger partial charge on any atom is 0.509 e. The van der Waals surface area contributed by atoms with Gasteiger partial charge in [-0.05, 0) is 63.0 Å². The number of fused-ring (bicyclic) bond motifs is 5. The maximum absolute atomic E-state index is 13.6. The summed E-state index contributed by atoms with van der Waals surface area (Å²) in [6.45, 7) is 5.05. The van der Waals surface area contributed by atoms with Gasteiger partial charge < -0.3 is 24.1 Å². The minimum Gasteiger partial charge on any atom is -0.438 e. The summed E-state index contributed by atoms with van der Waals surface area (Å²) >= 11 is 0. The van der Waals surface area contributed by atoms with Gasteiger partial charge >= 0.3 is 12.3 Å². The zero-order valence-corrected chi connectivity index (χ0v) is 20.7. The van der Waals surface area contributed by atoms with E-state index in [1.54, 1.807) is 19.1 Å². The van der Waals surface area contributed by atoms with E-state index in [2.05, 4.69) is 11.7 Å². The summed E-state index contributed by atoms with van der Waals surface area (Å²) in [5.41, 5.74) is -1.94. The van der Waals surface area contributed by atoms with Crippen LogP contribution in [0, 0.1) is 28.6 Å². The number of carbonyl (C=O) groups excluding carboxylic acids is 4. The van der Waals surface area contributed by atoms with Crippen LogP contribution in [0.2, 0.25) is 0 Å². The van der Waals surface area contributed by atoms with Crippen LogP contribution in [0.3, 0.4) is 0 Å². The minimum absolute atomic E-state index is 0.0307. The van der Waals surface area contributed by atoms with Crippen LogP contribution >= 0.6 is 0 Å². The zero-order valence-electron chi connectivity index (χ0n) is 20.7. The van der Waals surface area contributed by atoms with E-state index in [1.165, 1.54) is 0 Å². The molecule has 3 fully saturated rings. The number of allylic oxidation sites excluding steroid dienone is 4. The Bertz CT molecular complexity index is 983. The molecular formula is C26H34O9. The van der Waals surface area contributed by atoms with Gasteiger partial charge in [-0.25, -0.2) is 9.59 Å². The highest BCUT2D eigenvalue weighted by atomic mass is 16.7. The van der Waals surface area contributed by atoms with Crippen LogP contribution in [0.5, 0.6) is 0 Å². The summed E-state index contributed by atoms with van der Waals surface area (Å²) < 4.78 is 20.2. The maximum atomic E-state index is 13.6. The molecule has 4 rings (SSSR count). The third-order valence-corrected chi connectivity index (χ3v) is 9.07. The number of rotatable bonds is 5. The van der Waals surface area contributed by atoms with Crippen molar-refractivity contribution in [3.8, 4) is 0 Å². The number of carbonyl (C=O) groups is 4. The van der Waals surface area contributed by atoms with E-state index in [0.29, 0.717) is 6.42 Å². The molecule has 35 heavy (non-hydrogen) atoms. The van der Waals surface area contributed by atoms with Crippen molar-refractivity contribution in [2.45, 2.75) is 64.6 Å². The summed E-state index contributed by atoms with van der Waals surface area (Å²) in [4.78, 5) is 49.7. The van der Waals surface area contributed by atoms with Gasteiger partial charge in [-0.2, -0.15) is 0 Å². The number of ether oxygens (including phenoxy) is 4. The van der Waals surface area contributed by atoms with Gasteiger partial charge in [0.25, 0.3) is 0 Å². The molecule has 4 aliphatic carbocycles. The highest BCUT2D eigenvalue weighted by Crippen LogP contribution is 2.67. The second-order valence-electron chi connectivity index (χ2n) is 10.5. The van der Waals surface area contributed by atoms with Gasteiger partial charge in [-0.3, -0.25) is 9.59 Å². The van der Waals surface area contributed by atoms with Crippen LogP contribution < -0.4 is 0 Å². The monoisotopic (exact) mass is 490 g/mol. The molecular weight excluding hydrogens is 456 g/mol. The molecule has 0 radical (unpaired) electrons. The molecule has 0 aromatic heterocycles. The Hall–Kier alpha value is -2.68. The van der Waals surface area contributed by atoms with Crippen molar-refractivity contribution < 1.29 is 43.2 Å². The Morgan fingerprint density at radius 3 is 2.57 bits per heavy atom. The molecule has 0 spiro atoms. The number of hydrogen-bond acceptors (Lipinski definition) is 9. The SMILES string of the molecule is CCOC(=O)O[C@]1(C(=O)COC(=O)OC)CC[C@H]2[C@@H]3CCC4=CC(=O)C=C[C@]4(C)[C@H]3C(O)C[C@@]21C. The summed E-state index contributed by atoms with van der Waals surface area (Å²) in [5, 5.41) is 11.6. The number of hydrogen-bond donors (Lipinski definition) is 1. The van der Waals surface area contributed by atoms with Gasteiger partial charge in [-0.1, -0.05) is 25.5 Å². The van der Waals surface area contributed by atoms with Crippen molar-refractivity contribution in [2.24, 2.45) is 28.6 Å². The van der Waals surface area contributed by atoms with E-state index in [-0.39, 0.29) is 43.0 Å². The predicted molar refractivity (Wildman–Crippen MR) is 122 cm³/mol. The molecule has 3 saturated carbocycles. The van der Waals surface area contributed by atoms with E-state index < -0.39 is 47.2 Å². The molecule has 0 bridgehead atoms. The Kier molecular flexibility index (Phi) is 6.59. The van der Waals surface area contributed by atoms with E-state index in [9.17, 15) is 24.3 Å². The van der Waals surface area contributed by atoms with Gasteiger partial charge in [0.05, 0.1) is 19.8 Å². The van der Waals surface area contributed by atoms with Crippen molar-refractivity contribution in [3.05, 3.63) is 23.8 Å². The quantitative estimate of drug-likeness (QED) is 0.576. The summed E-state index contributed by atoms with van der Waals surface area (Å²) in [6.07, 6.45) is 4.93. The van der Waals surface area contributed by atoms with Gasteiger partial charge in [0.2, 0.25) is 5.78 Å². The Morgan fingerprint density at radius 2 is 1.89 bits per heavy atom. The van der Waals surface area contributed by atoms with Crippen LogP contribution in [0.25, 0.3) is 0 Å². The lowest BCUT2D eigenvalue weighted by molar-refractivity contribution is -0.183. The molecule has 0 amide bonds. The molecule has 9 heteroatoms. The van der Waals surface area contributed by atoms with Gasteiger partial charge in [-0.15, -0.1) is 0 Å². The second-order valence-corrected chi connectivity index (χ2v) is 10.5. The topological polar surface area (TPSA) is 125 Å². The second kappa shape index (κ2) is 9.08. The Labute approximate surface area is 204 Å². The van der Waals surface area contributed by atoms with E-state index >= 15 is 0 Å². The lowest BCUT2D eigenvalue weighted by Gasteiger charge is -2.59. The largest absolute Gasteiger partial charge is 0.509 e. The molecule has 9 nitrogen and oxygen atoms in total. The average molecular weight is 491 g/mol. The van der Waals surface area contributed by atoms with E-state index in [0.717, 1.165) is 25.5 Å². The Balaban J connectivity index is 1.70. The van der Waals surface area contributed by atoms with Gasteiger partial charge in [0.1, 0.15) is 0 Å². The molecule has 1 unspecified atom stereocenters. The third kappa shape index (κ3) is 3.88. The Morgan fingerprint density at radius 1 is 1.14 bits per heavy atom. The smallest absolute Gasteiger partial charge is 0.438 e. The van der Waals surface area contributed by atoms with Gasteiger partial charge in [0, 0.05) is 16.7 Å². The van der Waals surface area contributed by atoms with Crippen LogP contribution in [-0.2, 0) is 28.5 Å². The predicted octanol–water partition coefficient (Wildman–Crippen LogP) is 3.53. The normalized spacial score (nSPS) is 39.5. The molecule has 0 aliphatic heterocycles. The molecule has 0 saturated heterocycles. The van der Waals surface area contributed by atoms with Crippen molar-refractivity contribution in [2.75, 3.05) is 20.3 Å². The van der Waals surface area contributed by atoms with Crippen molar-refractivity contribution in [1.29, 1.82) is 0 Å². The molecule has 7 atom stereocenters. The van der Waals surface area contributed by atoms with Gasteiger partial charge in [0.15, 0.2) is 18.0 Å². The highest BCUT2D eigenvalue weighted by Gasteiger charge is 2.70. The lowest BCUT2D eigenvalue weighted by atomic mass is 9.46. The molecule has 192 valence electrons. The molecule has 4 aliphatic rings. The minimum atomic E-state index is -1.61. The summed E-state index contributed by atoms with van der Waals surface area (Å²) in [5.74, 6) is -0.713. The first-order chi connectivity index (χ1) is 16.5. The first-order valence-corrected chi connectivity index (χ1v) is 12.2. The fraction of sp³-hybridized carbons (Fsp3) is 0.692. The zero-order chi connectivity index (χ0) is 25.6. The average Bonchev–Trinajstić information content (AvgIpc) is 3.09. The molecule has 0 heterocycles. The van der Waals surface area contributed by atoms with Crippen LogP contribution in [0.4, 0.5) is 9.59 Å². The third-order valence-electron chi connectivity index (χ3n) is 9.07. The number of aliphatic hydroxyl groups excluding tert-OH is 1. The van der Waals surface area contributed by atoms with Crippen LogP contribution in [-0.4, -0.2) is 61.0 Å². The van der Waals surface area contributed by atoms with Crippen molar-refractivity contribution in [1.82, 2.24) is 0 Å². The van der Waals surface area contributed by atoms with Crippen molar-refractivity contribution in [3.63, 3.8) is 0 Å². The fourth-order valence-corrected chi connectivity index (χ4v) is 7.59. The van der Waals surface area contributed by atoms with E-state index in [4.69, 9.17) is 14.2 Å². The number of Topliss-reactive ketones (excluding diaryl/α,β-unsaturated/α-hetero) is 1. The number of aliphatic hydroxyl groups is 1. The summed E-state index contributed by atoms with van der Waals surface area (Å²) in [7, 11) is 1.14. The van der Waals surface area contributed by atoms with Crippen LogP contribution in [0.1, 0.15) is 52.9 Å². The number of ketones is 2. The van der Waals surface area contributed by atoms with E-state index in [1.807, 2.05) is 13.0 Å². The van der Waals surface area contributed by atoms with Crippen LogP contribution in [0.15, 0.2) is 23.8 Å². The fourth-order valence-electron chi connectivity index (χ4n) is 7.59. The molecule has 0 aromatic rings. The number of methoxy groups -OCH3 is 1. The summed E-state index contributed by atoms with van der Waals surface area (Å²) in [6, 6.07) is 0. The molecule has 0 aromatic carbocycles. The first-order valence-electron chi connectivity index (χ1n) is 12.2. The lowest BCUT2D eigenvalue weighted by Crippen LogP contribution is -2.63. The first kappa shape index (κ1) is 25.4. The highest BCUT2D eigenvalue weighted by molar-refractivity contribution is 6.01. The molecule has 1 N–H and O–H groups in total.